The molecule has 3 fully saturated rings. The van der Waals surface area contributed by atoms with Crippen LogP contribution in [0.25, 0.3) is 0 Å². The second-order valence-corrected chi connectivity index (χ2v) is 6.85. The van der Waals surface area contributed by atoms with Gasteiger partial charge < -0.3 is 5.73 Å². The van der Waals surface area contributed by atoms with Crippen LogP contribution in [0.3, 0.4) is 0 Å². The van der Waals surface area contributed by atoms with Crippen molar-refractivity contribution in [3.05, 3.63) is 12.2 Å². The highest BCUT2D eigenvalue weighted by Crippen LogP contribution is 2.55. The molecule has 0 aromatic carbocycles. The monoisotopic (exact) mass is 260 g/mol. The van der Waals surface area contributed by atoms with Crippen LogP contribution in [-0.4, -0.2) is 28.8 Å². The van der Waals surface area contributed by atoms with Gasteiger partial charge in [0.25, 0.3) is 0 Å². The van der Waals surface area contributed by atoms with Crippen molar-refractivity contribution < 1.29 is 9.59 Å². The number of allylic oxidation sites excluding steroid dienone is 2. The van der Waals surface area contributed by atoms with Crippen LogP contribution in [0.5, 0.6) is 0 Å². The summed E-state index contributed by atoms with van der Waals surface area (Å²) in [5, 5.41) is 0. The molecule has 1 saturated heterocycles. The Bertz CT molecular complexity index is 466. The molecule has 0 aromatic heterocycles. The Hall–Kier alpha value is -1.16. The maximum Gasteiger partial charge on any atom is 0.234 e. The number of nitrogens with two attached hydrogens (primary N) is 1. The SMILES string of the molecule is CC(CN)(C1CC1)N1C(=O)C2C3C=CC(C3)C2C1=O. The van der Waals surface area contributed by atoms with Gasteiger partial charge in [-0.25, -0.2) is 0 Å². The van der Waals surface area contributed by atoms with Crippen molar-refractivity contribution in [3.8, 4) is 0 Å². The topological polar surface area (TPSA) is 63.4 Å². The van der Waals surface area contributed by atoms with E-state index in [1.165, 1.54) is 0 Å². The van der Waals surface area contributed by atoms with Gasteiger partial charge in [0.15, 0.2) is 0 Å². The fourth-order valence-electron chi connectivity index (χ4n) is 4.55. The molecule has 3 aliphatic carbocycles. The molecule has 4 nitrogen and oxygen atoms in total. The number of nitrogens with zero attached hydrogens (tertiary/aromatic N) is 1. The van der Waals surface area contributed by atoms with Crippen LogP contribution < -0.4 is 5.73 Å². The first-order valence-electron chi connectivity index (χ1n) is 7.34. The zero-order valence-corrected chi connectivity index (χ0v) is 11.2. The van der Waals surface area contributed by atoms with Crippen molar-refractivity contribution >= 4 is 11.8 Å². The van der Waals surface area contributed by atoms with Gasteiger partial charge in [0.1, 0.15) is 0 Å². The van der Waals surface area contributed by atoms with Crippen molar-refractivity contribution in [1.82, 2.24) is 4.90 Å². The summed E-state index contributed by atoms with van der Waals surface area (Å²) in [6, 6.07) is 0. The Morgan fingerprint density at radius 3 is 2.16 bits per heavy atom. The molecule has 0 spiro atoms. The van der Waals surface area contributed by atoms with Gasteiger partial charge in [0.2, 0.25) is 11.8 Å². The summed E-state index contributed by atoms with van der Waals surface area (Å²) < 4.78 is 0. The van der Waals surface area contributed by atoms with E-state index in [4.69, 9.17) is 5.73 Å². The number of imide groups is 1. The molecule has 2 bridgehead atoms. The molecule has 4 heteroatoms. The van der Waals surface area contributed by atoms with Gasteiger partial charge in [0.05, 0.1) is 17.4 Å². The van der Waals surface area contributed by atoms with Gasteiger partial charge >= 0.3 is 0 Å². The van der Waals surface area contributed by atoms with Crippen LogP contribution in [0.15, 0.2) is 12.2 Å². The first-order chi connectivity index (χ1) is 9.08. The predicted octanol–water partition coefficient (Wildman–Crippen LogP) is 0.921. The highest BCUT2D eigenvalue weighted by molar-refractivity contribution is 6.07. The van der Waals surface area contributed by atoms with Crippen LogP contribution in [0.1, 0.15) is 26.2 Å². The molecule has 4 rings (SSSR count). The van der Waals surface area contributed by atoms with Crippen LogP contribution in [-0.2, 0) is 9.59 Å². The second kappa shape index (κ2) is 3.48. The molecule has 0 radical (unpaired) electrons. The quantitative estimate of drug-likeness (QED) is 0.606. The number of hydrogen-bond acceptors (Lipinski definition) is 3. The molecule has 2 saturated carbocycles. The maximum atomic E-state index is 12.7. The lowest BCUT2D eigenvalue weighted by Crippen LogP contribution is -2.56. The molecule has 1 aliphatic heterocycles. The highest BCUT2D eigenvalue weighted by Gasteiger charge is 2.63. The predicted molar refractivity (Wildman–Crippen MR) is 69.8 cm³/mol. The first-order valence-corrected chi connectivity index (χ1v) is 7.34. The van der Waals surface area contributed by atoms with Gasteiger partial charge in [-0.05, 0) is 43.9 Å². The number of hydrogen-bond donors (Lipinski definition) is 1. The minimum absolute atomic E-state index is 0.0479. The third-order valence-corrected chi connectivity index (χ3v) is 5.85. The summed E-state index contributed by atoms with van der Waals surface area (Å²) in [5.74, 6) is 0.905. The summed E-state index contributed by atoms with van der Waals surface area (Å²) in [5.41, 5.74) is 5.48. The molecule has 4 aliphatic rings. The number of likely N-dealkylation sites (tertiary alicyclic amines) is 1. The van der Waals surface area contributed by atoms with E-state index < -0.39 is 5.54 Å². The van der Waals surface area contributed by atoms with E-state index >= 15 is 0 Å². The zero-order valence-electron chi connectivity index (χ0n) is 11.2. The number of fused-ring (bicyclic) bond motifs is 5. The smallest absolute Gasteiger partial charge is 0.234 e. The summed E-state index contributed by atoms with van der Waals surface area (Å²) in [6.07, 6.45) is 7.44. The number of carbonyl (C=O) groups excluding carboxylic acids is 2. The van der Waals surface area contributed by atoms with E-state index in [0.29, 0.717) is 12.5 Å². The van der Waals surface area contributed by atoms with Crippen molar-refractivity contribution in [3.63, 3.8) is 0 Å². The molecule has 0 aromatic rings. The van der Waals surface area contributed by atoms with Crippen LogP contribution in [0, 0.1) is 29.6 Å². The van der Waals surface area contributed by atoms with Crippen LogP contribution >= 0.6 is 0 Å². The molecule has 5 unspecified atom stereocenters. The number of rotatable bonds is 3. The van der Waals surface area contributed by atoms with Gasteiger partial charge in [-0.1, -0.05) is 12.2 Å². The van der Waals surface area contributed by atoms with E-state index in [1.807, 2.05) is 6.92 Å². The summed E-state index contributed by atoms with van der Waals surface area (Å²) >= 11 is 0. The third-order valence-electron chi connectivity index (χ3n) is 5.85. The van der Waals surface area contributed by atoms with E-state index in [0.717, 1.165) is 19.3 Å². The Kier molecular flexibility index (Phi) is 2.13. The zero-order chi connectivity index (χ0) is 13.4. The fourth-order valence-corrected chi connectivity index (χ4v) is 4.55. The largest absolute Gasteiger partial charge is 0.328 e. The van der Waals surface area contributed by atoms with Crippen molar-refractivity contribution in [2.45, 2.75) is 31.7 Å². The third kappa shape index (κ3) is 1.28. The average molecular weight is 260 g/mol. The minimum Gasteiger partial charge on any atom is -0.328 e. The molecule has 19 heavy (non-hydrogen) atoms. The van der Waals surface area contributed by atoms with Crippen molar-refractivity contribution in [2.24, 2.45) is 35.3 Å². The fraction of sp³-hybridized carbons (Fsp3) is 0.733. The number of amides is 2. The molecule has 102 valence electrons. The lowest BCUT2D eigenvalue weighted by molar-refractivity contribution is -0.148. The van der Waals surface area contributed by atoms with E-state index in [9.17, 15) is 9.59 Å². The first kappa shape index (κ1) is 11.6. The molecule has 1 heterocycles. The van der Waals surface area contributed by atoms with Gasteiger partial charge in [-0.3, -0.25) is 14.5 Å². The standard InChI is InChI=1S/C15H20N2O2/c1-15(7-16,10-4-5-10)17-13(18)11-8-2-3-9(6-8)12(11)14(17)19/h2-3,8-12H,4-7,16H2,1H3. The molecule has 2 amide bonds. The average Bonchev–Trinajstić information content (AvgIpc) is 2.98. The summed E-state index contributed by atoms with van der Waals surface area (Å²) in [4.78, 5) is 27.0. The van der Waals surface area contributed by atoms with E-state index in [-0.39, 0.29) is 35.5 Å². The van der Waals surface area contributed by atoms with E-state index in [1.54, 1.807) is 4.90 Å². The molecule has 5 atom stereocenters. The maximum absolute atomic E-state index is 12.7. The number of carbonyl (C=O) groups is 2. The lowest BCUT2D eigenvalue weighted by Gasteiger charge is -2.37. The molecular weight excluding hydrogens is 240 g/mol. The molecule has 2 N–H and O–H groups in total. The van der Waals surface area contributed by atoms with Gasteiger partial charge in [-0.2, -0.15) is 0 Å². The lowest BCUT2D eigenvalue weighted by atomic mass is 9.85. The van der Waals surface area contributed by atoms with Crippen molar-refractivity contribution in [1.29, 1.82) is 0 Å². The normalized spacial score (nSPS) is 42.9. The van der Waals surface area contributed by atoms with Crippen molar-refractivity contribution in [2.75, 3.05) is 6.54 Å². The highest BCUT2D eigenvalue weighted by atomic mass is 16.2. The summed E-state index contributed by atoms with van der Waals surface area (Å²) in [7, 11) is 0. The van der Waals surface area contributed by atoms with Crippen LogP contribution in [0.2, 0.25) is 0 Å². The Morgan fingerprint density at radius 2 is 1.74 bits per heavy atom. The van der Waals surface area contributed by atoms with Gasteiger partial charge in [-0.15, -0.1) is 0 Å². The second-order valence-electron chi connectivity index (χ2n) is 6.85. The van der Waals surface area contributed by atoms with Gasteiger partial charge in [0, 0.05) is 6.54 Å². The summed E-state index contributed by atoms with van der Waals surface area (Å²) in [6.45, 7) is 2.38. The molecular formula is C15H20N2O2. The Morgan fingerprint density at radius 1 is 1.21 bits per heavy atom. The Balaban J connectivity index is 1.72. The Labute approximate surface area is 113 Å². The van der Waals surface area contributed by atoms with Crippen LogP contribution in [0.4, 0.5) is 0 Å². The van der Waals surface area contributed by atoms with E-state index in [2.05, 4.69) is 12.2 Å². The minimum atomic E-state index is -0.446.